The van der Waals surface area contributed by atoms with Crippen LogP contribution >= 0.6 is 0 Å². The zero-order valence-corrected chi connectivity index (χ0v) is 12.3. The molecule has 0 unspecified atom stereocenters. The maximum atomic E-state index is 13.3. The van der Waals surface area contributed by atoms with E-state index in [0.717, 1.165) is 31.0 Å². The molecule has 1 aliphatic carbocycles. The topological polar surface area (TPSA) is 64.4 Å². The van der Waals surface area contributed by atoms with Gasteiger partial charge in [0.1, 0.15) is 11.6 Å². The van der Waals surface area contributed by atoms with Crippen molar-refractivity contribution in [2.24, 2.45) is 17.6 Å². The van der Waals surface area contributed by atoms with Gasteiger partial charge in [-0.25, -0.2) is 4.39 Å². The zero-order chi connectivity index (χ0) is 17.0. The Labute approximate surface area is 131 Å². The van der Waals surface area contributed by atoms with E-state index in [9.17, 15) is 22.4 Å². The fourth-order valence-corrected chi connectivity index (χ4v) is 2.77. The number of anilines is 1. The van der Waals surface area contributed by atoms with Crippen LogP contribution in [0, 0.1) is 17.7 Å². The molecule has 1 aromatic rings. The zero-order valence-electron chi connectivity index (χ0n) is 12.3. The Morgan fingerprint density at radius 2 is 2.09 bits per heavy atom. The molecule has 23 heavy (non-hydrogen) atoms. The second-order valence-electron chi connectivity index (χ2n) is 5.57. The van der Waals surface area contributed by atoms with Crippen molar-refractivity contribution in [2.45, 2.75) is 25.4 Å². The molecule has 2 atom stereocenters. The molecule has 1 aliphatic rings. The normalized spacial score (nSPS) is 21.3. The second kappa shape index (κ2) is 7.16. The van der Waals surface area contributed by atoms with Gasteiger partial charge in [0.25, 0.3) is 0 Å². The largest absolute Gasteiger partial charge is 0.482 e. The van der Waals surface area contributed by atoms with Gasteiger partial charge in [0.05, 0.1) is 5.69 Å². The molecule has 0 aromatic heterocycles. The van der Waals surface area contributed by atoms with Crippen LogP contribution in [-0.2, 0) is 4.79 Å². The monoisotopic (exact) mass is 334 g/mol. The molecule has 128 valence electrons. The number of halogens is 4. The predicted molar refractivity (Wildman–Crippen MR) is 76.5 cm³/mol. The first-order valence-corrected chi connectivity index (χ1v) is 7.30. The molecule has 1 amide bonds. The minimum Gasteiger partial charge on any atom is -0.482 e. The molecule has 0 saturated heterocycles. The van der Waals surface area contributed by atoms with Gasteiger partial charge in [0, 0.05) is 12.0 Å². The molecule has 0 bridgehead atoms. The Balaban J connectivity index is 2.11. The maximum absolute atomic E-state index is 13.3. The third-order valence-corrected chi connectivity index (χ3v) is 3.89. The number of rotatable bonds is 5. The third-order valence-electron chi connectivity index (χ3n) is 3.89. The molecular weight excluding hydrogens is 316 g/mol. The molecule has 4 nitrogen and oxygen atoms in total. The highest BCUT2D eigenvalue weighted by molar-refractivity contribution is 5.94. The van der Waals surface area contributed by atoms with E-state index in [0.29, 0.717) is 13.0 Å². The van der Waals surface area contributed by atoms with Gasteiger partial charge in [-0.3, -0.25) is 4.79 Å². The van der Waals surface area contributed by atoms with Crippen LogP contribution in [0.3, 0.4) is 0 Å². The summed E-state index contributed by atoms with van der Waals surface area (Å²) in [5.41, 5.74) is 5.51. The Kier molecular flexibility index (Phi) is 5.46. The summed E-state index contributed by atoms with van der Waals surface area (Å²) >= 11 is 0. The summed E-state index contributed by atoms with van der Waals surface area (Å²) in [4.78, 5) is 12.3. The van der Waals surface area contributed by atoms with Crippen LogP contribution in [0.25, 0.3) is 0 Å². The fourth-order valence-electron chi connectivity index (χ4n) is 2.77. The van der Waals surface area contributed by atoms with Crippen LogP contribution in [0.5, 0.6) is 5.75 Å². The van der Waals surface area contributed by atoms with Crippen molar-refractivity contribution in [1.29, 1.82) is 0 Å². The van der Waals surface area contributed by atoms with Gasteiger partial charge in [-0.1, -0.05) is 6.42 Å². The van der Waals surface area contributed by atoms with Crippen LogP contribution < -0.4 is 15.8 Å². The quantitative estimate of drug-likeness (QED) is 0.814. The van der Waals surface area contributed by atoms with Crippen LogP contribution in [0.15, 0.2) is 18.2 Å². The molecular formula is C15H18F4N2O2. The van der Waals surface area contributed by atoms with Crippen molar-refractivity contribution >= 4 is 11.6 Å². The summed E-state index contributed by atoms with van der Waals surface area (Å²) in [7, 11) is 0. The number of alkyl halides is 3. The van der Waals surface area contributed by atoms with Crippen LogP contribution in [0.2, 0.25) is 0 Å². The number of carbonyl (C=O) groups excluding carboxylic acids is 1. The molecule has 3 N–H and O–H groups in total. The highest BCUT2D eigenvalue weighted by Gasteiger charge is 2.33. The van der Waals surface area contributed by atoms with Crippen LogP contribution in [0.4, 0.5) is 23.2 Å². The summed E-state index contributed by atoms with van der Waals surface area (Å²) in [6.45, 7) is -1.16. The lowest BCUT2D eigenvalue weighted by atomic mass is 9.95. The predicted octanol–water partition coefficient (Wildman–Crippen LogP) is 3.08. The van der Waals surface area contributed by atoms with Gasteiger partial charge in [0.2, 0.25) is 5.91 Å². The van der Waals surface area contributed by atoms with Crippen LogP contribution in [-0.4, -0.2) is 25.2 Å². The number of nitrogens with one attached hydrogen (secondary N) is 1. The molecule has 2 rings (SSSR count). The van der Waals surface area contributed by atoms with Gasteiger partial charge < -0.3 is 15.8 Å². The molecule has 8 heteroatoms. The minimum absolute atomic E-state index is 0.0307. The first-order chi connectivity index (χ1) is 10.8. The number of nitrogens with two attached hydrogens (primary N) is 1. The fraction of sp³-hybridized carbons (Fsp3) is 0.533. The van der Waals surface area contributed by atoms with E-state index in [2.05, 4.69) is 10.1 Å². The van der Waals surface area contributed by atoms with E-state index < -0.39 is 18.6 Å². The summed E-state index contributed by atoms with van der Waals surface area (Å²) in [5.74, 6) is -1.57. The highest BCUT2D eigenvalue weighted by atomic mass is 19.4. The Morgan fingerprint density at radius 1 is 1.35 bits per heavy atom. The Morgan fingerprint density at radius 3 is 2.74 bits per heavy atom. The van der Waals surface area contributed by atoms with Gasteiger partial charge in [-0.15, -0.1) is 0 Å². The Bertz CT molecular complexity index is 563. The van der Waals surface area contributed by atoms with E-state index in [1.54, 1.807) is 0 Å². The van der Waals surface area contributed by atoms with Gasteiger partial charge in [-0.05, 0) is 37.4 Å². The summed E-state index contributed by atoms with van der Waals surface area (Å²) in [5, 5.41) is 2.47. The molecule has 0 heterocycles. The summed E-state index contributed by atoms with van der Waals surface area (Å²) < 4.78 is 54.8. The molecule has 1 aromatic carbocycles. The van der Waals surface area contributed by atoms with E-state index in [4.69, 9.17) is 5.73 Å². The smallest absolute Gasteiger partial charge is 0.422 e. The van der Waals surface area contributed by atoms with Gasteiger partial charge in [0.15, 0.2) is 6.61 Å². The summed E-state index contributed by atoms with van der Waals surface area (Å²) in [6.07, 6.45) is -2.18. The number of hydrogen-bond acceptors (Lipinski definition) is 3. The standard InChI is InChI=1S/C15H18F4N2O2/c16-10-4-5-13(23-8-15(17,18)19)12(6-10)21-14(22)11-3-1-2-9(11)7-20/h4-6,9,11H,1-3,7-8,20H2,(H,21,22)/t9-,11-/m1/s1. The molecule has 0 spiro atoms. The minimum atomic E-state index is -4.52. The van der Waals surface area contributed by atoms with Crippen molar-refractivity contribution < 1.29 is 27.1 Å². The number of benzene rings is 1. The molecule has 1 saturated carbocycles. The van der Waals surface area contributed by atoms with Crippen molar-refractivity contribution in [1.82, 2.24) is 0 Å². The van der Waals surface area contributed by atoms with E-state index in [-0.39, 0.29) is 29.2 Å². The molecule has 1 fully saturated rings. The average Bonchev–Trinajstić information content (AvgIpc) is 2.94. The number of carbonyl (C=O) groups is 1. The van der Waals surface area contributed by atoms with Gasteiger partial charge >= 0.3 is 6.18 Å². The number of amides is 1. The summed E-state index contributed by atoms with van der Waals surface area (Å²) in [6, 6.07) is 2.97. The SMILES string of the molecule is NC[C@H]1CCC[C@H]1C(=O)Nc1cc(F)ccc1OCC(F)(F)F. The second-order valence-corrected chi connectivity index (χ2v) is 5.57. The Hall–Kier alpha value is -1.83. The molecule has 0 aliphatic heterocycles. The van der Waals surface area contributed by atoms with E-state index >= 15 is 0 Å². The third kappa shape index (κ3) is 4.82. The van der Waals surface area contributed by atoms with E-state index in [1.807, 2.05) is 0 Å². The maximum Gasteiger partial charge on any atom is 0.422 e. The lowest BCUT2D eigenvalue weighted by Gasteiger charge is -2.19. The lowest BCUT2D eigenvalue weighted by molar-refractivity contribution is -0.153. The van der Waals surface area contributed by atoms with Crippen molar-refractivity contribution in [2.75, 3.05) is 18.5 Å². The van der Waals surface area contributed by atoms with Crippen molar-refractivity contribution in [3.63, 3.8) is 0 Å². The lowest BCUT2D eigenvalue weighted by Crippen LogP contribution is -2.30. The number of ether oxygens (including phenoxy) is 1. The first-order valence-electron chi connectivity index (χ1n) is 7.30. The van der Waals surface area contributed by atoms with Crippen LogP contribution in [0.1, 0.15) is 19.3 Å². The first kappa shape index (κ1) is 17.5. The number of hydrogen-bond donors (Lipinski definition) is 2. The molecule has 0 radical (unpaired) electrons. The van der Waals surface area contributed by atoms with Crippen molar-refractivity contribution in [3.8, 4) is 5.75 Å². The average molecular weight is 334 g/mol. The van der Waals surface area contributed by atoms with Crippen molar-refractivity contribution in [3.05, 3.63) is 24.0 Å². The van der Waals surface area contributed by atoms with Gasteiger partial charge in [-0.2, -0.15) is 13.2 Å². The highest BCUT2D eigenvalue weighted by Crippen LogP contribution is 2.34. The van der Waals surface area contributed by atoms with E-state index in [1.165, 1.54) is 0 Å².